The molecule has 1 aromatic rings. The van der Waals surface area contributed by atoms with Gasteiger partial charge in [-0.3, -0.25) is 4.79 Å². The number of unbranched alkanes of at least 4 members (excludes halogenated alkanes) is 2. The summed E-state index contributed by atoms with van der Waals surface area (Å²) in [6.07, 6.45) is 13.6. The van der Waals surface area contributed by atoms with E-state index < -0.39 is 5.91 Å². The summed E-state index contributed by atoms with van der Waals surface area (Å²) in [6, 6.07) is 3.51. The molecule has 3 N–H and O–H groups in total. The Morgan fingerprint density at radius 2 is 1.83 bits per heavy atom. The number of carbonyl (C=O) groups is 1. The van der Waals surface area contributed by atoms with Crippen molar-refractivity contribution in [3.05, 3.63) is 34.4 Å². The molecule has 1 heterocycles. The summed E-state index contributed by atoms with van der Waals surface area (Å²) < 4.78 is 5.84. The number of hydrogen-bond acceptors (Lipinski definition) is 4. The fourth-order valence-corrected chi connectivity index (χ4v) is 4.05. The maximum absolute atomic E-state index is 11.0. The van der Waals surface area contributed by atoms with Gasteiger partial charge in [-0.05, 0) is 95.6 Å². The standard InChI is InChI=1S/C15H31NO2.C11H11NO.C5H12/c1-5-11-18-15(3,4)8-6-9-16-10-7-13(2)14(17)12-16;1-4-9-5-7(2)8(3)10(6-9)11(12)13;1-3-5-4-2/h13-14,17H,5-12H2,1-4H3;1,5-6H,2-3H3,(H2,12,13);3-5H2,1-2H3/t13-,14-;;/m0../s1. The monoisotopic (exact) mass is 502 g/mol. The fraction of sp³-hybridized carbons (Fsp3) is 0.710. The maximum Gasteiger partial charge on any atom is 0.249 e. The number of piperidine rings is 1. The molecule has 2 rings (SSSR count). The van der Waals surface area contributed by atoms with Gasteiger partial charge in [0.1, 0.15) is 0 Å². The van der Waals surface area contributed by atoms with E-state index in [1.807, 2.05) is 19.9 Å². The lowest BCUT2D eigenvalue weighted by atomic mass is 9.95. The number of aryl methyl sites for hydroxylation is 1. The topological polar surface area (TPSA) is 75.8 Å². The zero-order valence-electron chi connectivity index (χ0n) is 24.5. The molecule has 0 unspecified atom stereocenters. The third-order valence-electron chi connectivity index (χ3n) is 6.76. The number of nitrogens with zero attached hydrogens (tertiary/aromatic N) is 1. The number of benzene rings is 1. The average molecular weight is 503 g/mol. The highest BCUT2D eigenvalue weighted by molar-refractivity contribution is 5.95. The van der Waals surface area contributed by atoms with Crippen LogP contribution in [0.1, 0.15) is 114 Å². The van der Waals surface area contributed by atoms with Gasteiger partial charge in [0.15, 0.2) is 0 Å². The third kappa shape index (κ3) is 14.0. The normalized spacial score (nSPS) is 17.8. The second-order valence-electron chi connectivity index (χ2n) is 10.7. The van der Waals surface area contributed by atoms with Gasteiger partial charge in [-0.15, -0.1) is 6.42 Å². The summed E-state index contributed by atoms with van der Waals surface area (Å²) in [5.41, 5.74) is 8.28. The van der Waals surface area contributed by atoms with Crippen LogP contribution < -0.4 is 5.73 Å². The van der Waals surface area contributed by atoms with E-state index in [0.29, 0.717) is 17.0 Å². The van der Waals surface area contributed by atoms with E-state index in [2.05, 4.69) is 52.4 Å². The van der Waals surface area contributed by atoms with Gasteiger partial charge in [0, 0.05) is 24.3 Å². The molecular formula is C31H54N2O3. The fourth-order valence-electron chi connectivity index (χ4n) is 4.05. The highest BCUT2D eigenvalue weighted by Crippen LogP contribution is 2.20. The molecule has 0 radical (unpaired) electrons. The van der Waals surface area contributed by atoms with Gasteiger partial charge in [0.05, 0.1) is 11.7 Å². The van der Waals surface area contributed by atoms with Crippen molar-refractivity contribution in [1.82, 2.24) is 4.90 Å². The SMILES string of the molecule is C#Cc1cc(C)c(C)c(C(N)=O)c1.CCCCC.CCCOC(C)(C)CCCN1CC[C@H](C)[C@@H](O)C1. The summed E-state index contributed by atoms with van der Waals surface area (Å²) in [7, 11) is 0. The van der Waals surface area contributed by atoms with E-state index in [9.17, 15) is 9.90 Å². The lowest BCUT2D eigenvalue weighted by Crippen LogP contribution is -2.43. The average Bonchev–Trinajstić information content (AvgIpc) is 2.83. The van der Waals surface area contributed by atoms with Crippen molar-refractivity contribution >= 4 is 5.91 Å². The van der Waals surface area contributed by atoms with Crippen molar-refractivity contribution in [2.75, 3.05) is 26.2 Å². The molecule has 1 fully saturated rings. The van der Waals surface area contributed by atoms with Gasteiger partial charge in [-0.1, -0.05) is 52.9 Å². The number of terminal acetylenes is 1. The van der Waals surface area contributed by atoms with E-state index in [4.69, 9.17) is 16.9 Å². The number of rotatable bonds is 10. The number of amides is 1. The van der Waals surface area contributed by atoms with Crippen LogP contribution in [0.15, 0.2) is 12.1 Å². The van der Waals surface area contributed by atoms with E-state index in [1.54, 1.807) is 6.07 Å². The highest BCUT2D eigenvalue weighted by atomic mass is 16.5. The van der Waals surface area contributed by atoms with Crippen LogP contribution in [-0.4, -0.2) is 53.9 Å². The van der Waals surface area contributed by atoms with Gasteiger partial charge in [0.25, 0.3) is 0 Å². The predicted molar refractivity (Wildman–Crippen MR) is 153 cm³/mol. The highest BCUT2D eigenvalue weighted by Gasteiger charge is 2.24. The molecule has 5 nitrogen and oxygen atoms in total. The van der Waals surface area contributed by atoms with Crippen LogP contribution in [0.4, 0.5) is 0 Å². The van der Waals surface area contributed by atoms with Crippen LogP contribution in [0.25, 0.3) is 0 Å². The Hall–Kier alpha value is -1.87. The molecular weight excluding hydrogens is 448 g/mol. The maximum atomic E-state index is 11.0. The molecule has 1 aliphatic rings. The van der Waals surface area contributed by atoms with E-state index in [1.165, 1.54) is 19.3 Å². The van der Waals surface area contributed by atoms with Crippen molar-refractivity contribution in [3.63, 3.8) is 0 Å². The molecule has 1 amide bonds. The molecule has 5 heteroatoms. The number of β-amino-alcohol motifs (C(OH)–C–C–N with tert-alkyl or cyclic N) is 1. The number of hydrogen-bond donors (Lipinski definition) is 2. The Kier molecular flexibility index (Phi) is 17.4. The first-order chi connectivity index (χ1) is 16.9. The molecule has 36 heavy (non-hydrogen) atoms. The summed E-state index contributed by atoms with van der Waals surface area (Å²) in [4.78, 5) is 13.4. The number of nitrogens with two attached hydrogens (primary N) is 1. The summed E-state index contributed by atoms with van der Waals surface area (Å²) >= 11 is 0. The quantitative estimate of drug-likeness (QED) is 0.371. The zero-order valence-corrected chi connectivity index (χ0v) is 24.5. The third-order valence-corrected chi connectivity index (χ3v) is 6.76. The minimum Gasteiger partial charge on any atom is -0.392 e. The lowest BCUT2D eigenvalue weighted by Gasteiger charge is -2.35. The van der Waals surface area contributed by atoms with Crippen molar-refractivity contribution < 1.29 is 14.6 Å². The summed E-state index contributed by atoms with van der Waals surface area (Å²) in [5.74, 6) is 2.51. The summed E-state index contributed by atoms with van der Waals surface area (Å²) in [6.45, 7) is 20.7. The first kappa shape index (κ1) is 34.1. The Morgan fingerprint density at radius 1 is 1.19 bits per heavy atom. The Labute approximate surface area is 222 Å². The predicted octanol–water partition coefficient (Wildman–Crippen LogP) is 6.25. The van der Waals surface area contributed by atoms with Crippen LogP contribution >= 0.6 is 0 Å². The Morgan fingerprint density at radius 3 is 2.31 bits per heavy atom. The van der Waals surface area contributed by atoms with Gasteiger partial charge in [0.2, 0.25) is 5.91 Å². The molecule has 206 valence electrons. The molecule has 0 aromatic heterocycles. The van der Waals surface area contributed by atoms with Crippen molar-refractivity contribution in [3.8, 4) is 12.3 Å². The van der Waals surface area contributed by atoms with E-state index >= 15 is 0 Å². The number of likely N-dealkylation sites (tertiary alicyclic amines) is 1. The minimum absolute atomic E-state index is 0.00228. The van der Waals surface area contributed by atoms with Crippen molar-refractivity contribution in [1.29, 1.82) is 0 Å². The second kappa shape index (κ2) is 18.4. The van der Waals surface area contributed by atoms with Crippen LogP contribution in [0.3, 0.4) is 0 Å². The van der Waals surface area contributed by atoms with Gasteiger partial charge < -0.3 is 20.5 Å². The number of ether oxygens (including phenoxy) is 1. The number of aliphatic hydroxyl groups is 1. The van der Waals surface area contributed by atoms with Crippen LogP contribution in [0.5, 0.6) is 0 Å². The van der Waals surface area contributed by atoms with Gasteiger partial charge in [-0.25, -0.2) is 0 Å². The van der Waals surface area contributed by atoms with Gasteiger partial charge in [-0.2, -0.15) is 0 Å². The Balaban J connectivity index is 0.000000593. The molecule has 1 aromatic carbocycles. The molecule has 0 spiro atoms. The summed E-state index contributed by atoms with van der Waals surface area (Å²) in [5, 5.41) is 9.86. The first-order valence-corrected chi connectivity index (χ1v) is 13.8. The van der Waals surface area contributed by atoms with Crippen LogP contribution in [0, 0.1) is 32.1 Å². The molecule has 0 saturated carbocycles. The van der Waals surface area contributed by atoms with Crippen molar-refractivity contribution in [2.45, 2.75) is 112 Å². The van der Waals surface area contributed by atoms with E-state index in [0.717, 1.165) is 63.1 Å². The molecule has 1 aliphatic heterocycles. The minimum atomic E-state index is -0.433. The smallest absolute Gasteiger partial charge is 0.249 e. The number of primary amides is 1. The van der Waals surface area contributed by atoms with E-state index in [-0.39, 0.29) is 11.7 Å². The Bertz CT molecular complexity index is 796. The molecule has 2 atom stereocenters. The second-order valence-corrected chi connectivity index (χ2v) is 10.7. The molecule has 0 bridgehead atoms. The zero-order chi connectivity index (χ0) is 27.7. The van der Waals surface area contributed by atoms with Crippen LogP contribution in [0.2, 0.25) is 0 Å². The number of carbonyl (C=O) groups excluding carboxylic acids is 1. The molecule has 0 aliphatic carbocycles. The van der Waals surface area contributed by atoms with Crippen LogP contribution in [-0.2, 0) is 4.74 Å². The number of aliphatic hydroxyl groups excluding tert-OH is 1. The lowest BCUT2D eigenvalue weighted by molar-refractivity contribution is -0.0280. The van der Waals surface area contributed by atoms with Gasteiger partial charge >= 0.3 is 0 Å². The molecule has 1 saturated heterocycles. The van der Waals surface area contributed by atoms with Crippen molar-refractivity contribution in [2.24, 2.45) is 11.7 Å². The first-order valence-electron chi connectivity index (χ1n) is 13.8. The largest absolute Gasteiger partial charge is 0.392 e.